The van der Waals surface area contributed by atoms with Gasteiger partial charge >= 0.3 is 0 Å². The van der Waals surface area contributed by atoms with Crippen molar-refractivity contribution in [1.82, 2.24) is 10.2 Å². The van der Waals surface area contributed by atoms with Gasteiger partial charge in [-0.3, -0.25) is 9.59 Å². The van der Waals surface area contributed by atoms with Crippen LogP contribution in [0.4, 0.5) is 0 Å². The van der Waals surface area contributed by atoms with Crippen LogP contribution in [0.15, 0.2) is 48.5 Å². The van der Waals surface area contributed by atoms with Gasteiger partial charge in [-0.05, 0) is 48.7 Å². The Balaban J connectivity index is 2.21. The predicted octanol–water partition coefficient (Wildman–Crippen LogP) is 3.83. The number of nitrogens with zero attached hydrogens (tertiary/aromatic N) is 1. The van der Waals surface area contributed by atoms with Crippen LogP contribution >= 0.6 is 11.6 Å². The molecule has 5 nitrogen and oxygen atoms in total. The Morgan fingerprint density at radius 2 is 1.86 bits per heavy atom. The molecule has 150 valence electrons. The average molecular weight is 403 g/mol. The van der Waals surface area contributed by atoms with Crippen molar-refractivity contribution < 1.29 is 14.3 Å². The van der Waals surface area contributed by atoms with E-state index in [1.165, 1.54) is 0 Å². The molecule has 0 aliphatic heterocycles. The summed E-state index contributed by atoms with van der Waals surface area (Å²) in [4.78, 5) is 27.2. The fourth-order valence-corrected chi connectivity index (χ4v) is 2.95. The maximum absolute atomic E-state index is 13.1. The smallest absolute Gasteiger partial charge is 0.242 e. The highest BCUT2D eigenvalue weighted by molar-refractivity contribution is 6.30. The summed E-state index contributed by atoms with van der Waals surface area (Å²) in [5, 5.41) is 3.49. The predicted molar refractivity (Wildman–Crippen MR) is 111 cm³/mol. The van der Waals surface area contributed by atoms with Crippen molar-refractivity contribution in [3.05, 3.63) is 64.7 Å². The number of amides is 2. The van der Waals surface area contributed by atoms with Crippen LogP contribution in [0.3, 0.4) is 0 Å². The summed E-state index contributed by atoms with van der Waals surface area (Å²) in [5.41, 5.74) is 1.75. The summed E-state index contributed by atoms with van der Waals surface area (Å²) in [6.07, 6.45) is 1.04. The maximum atomic E-state index is 13.1. The lowest BCUT2D eigenvalue weighted by atomic mass is 10.1. The molecule has 2 aromatic carbocycles. The average Bonchev–Trinajstić information content (AvgIpc) is 2.71. The zero-order valence-corrected chi connectivity index (χ0v) is 17.3. The Bertz CT molecular complexity index is 793. The zero-order chi connectivity index (χ0) is 20.5. The number of hydrogen-bond donors (Lipinski definition) is 1. The standard InChI is InChI=1S/C22H27ClN2O3/c1-4-12-24-22(27)16(2)25(15-18-6-5-7-20(13-18)28-3)21(26)14-17-8-10-19(23)11-9-17/h5-11,13,16H,4,12,14-15H2,1-3H3,(H,24,27). The lowest BCUT2D eigenvalue weighted by Gasteiger charge is -2.29. The van der Waals surface area contributed by atoms with Crippen LogP contribution in [0.25, 0.3) is 0 Å². The molecule has 0 fully saturated rings. The van der Waals surface area contributed by atoms with Gasteiger partial charge in [-0.1, -0.05) is 42.8 Å². The minimum absolute atomic E-state index is 0.121. The Morgan fingerprint density at radius 1 is 1.14 bits per heavy atom. The van der Waals surface area contributed by atoms with Gasteiger partial charge in [-0.25, -0.2) is 0 Å². The van der Waals surface area contributed by atoms with Gasteiger partial charge in [0.2, 0.25) is 11.8 Å². The third kappa shape index (κ3) is 6.27. The molecule has 1 unspecified atom stereocenters. The van der Waals surface area contributed by atoms with E-state index in [4.69, 9.17) is 16.3 Å². The van der Waals surface area contributed by atoms with Crippen LogP contribution < -0.4 is 10.1 Å². The molecule has 2 amide bonds. The fraction of sp³-hybridized carbons (Fsp3) is 0.364. The van der Waals surface area contributed by atoms with Crippen LogP contribution in [0.2, 0.25) is 5.02 Å². The van der Waals surface area contributed by atoms with E-state index in [2.05, 4.69) is 5.32 Å². The Morgan fingerprint density at radius 3 is 2.50 bits per heavy atom. The number of methoxy groups -OCH3 is 1. The molecule has 6 heteroatoms. The lowest BCUT2D eigenvalue weighted by molar-refractivity contribution is -0.140. The van der Waals surface area contributed by atoms with Crippen LogP contribution in [0.5, 0.6) is 5.75 Å². The van der Waals surface area contributed by atoms with Gasteiger partial charge in [0, 0.05) is 18.1 Å². The molecule has 2 aromatic rings. The summed E-state index contributed by atoms with van der Waals surface area (Å²) < 4.78 is 5.27. The maximum Gasteiger partial charge on any atom is 0.242 e. The van der Waals surface area contributed by atoms with Crippen LogP contribution in [-0.2, 0) is 22.6 Å². The molecule has 0 spiro atoms. The van der Waals surface area contributed by atoms with Gasteiger partial charge < -0.3 is 15.0 Å². The molecule has 0 saturated heterocycles. The van der Waals surface area contributed by atoms with Gasteiger partial charge in [-0.15, -0.1) is 0 Å². The van der Waals surface area contributed by atoms with Crippen molar-refractivity contribution in [2.45, 2.75) is 39.3 Å². The number of nitrogens with one attached hydrogen (secondary N) is 1. The van der Waals surface area contributed by atoms with Crippen molar-refractivity contribution in [3.8, 4) is 5.75 Å². The molecular formula is C22H27ClN2O3. The first-order valence-electron chi connectivity index (χ1n) is 9.39. The molecule has 1 N–H and O–H groups in total. The first-order chi connectivity index (χ1) is 13.4. The van der Waals surface area contributed by atoms with E-state index in [0.717, 1.165) is 17.5 Å². The first kappa shape index (κ1) is 21.8. The van der Waals surface area contributed by atoms with E-state index in [1.54, 1.807) is 31.1 Å². The quantitative estimate of drug-likeness (QED) is 0.693. The lowest BCUT2D eigenvalue weighted by Crippen LogP contribution is -2.48. The molecule has 0 radical (unpaired) electrons. The molecule has 0 saturated carbocycles. The minimum atomic E-state index is -0.586. The molecule has 1 atom stereocenters. The van der Waals surface area contributed by atoms with Crippen molar-refractivity contribution in [1.29, 1.82) is 0 Å². The van der Waals surface area contributed by atoms with Gasteiger partial charge in [0.05, 0.1) is 13.5 Å². The number of ether oxygens (including phenoxy) is 1. The molecule has 0 bridgehead atoms. The Hall–Kier alpha value is -2.53. The summed E-state index contributed by atoms with van der Waals surface area (Å²) in [7, 11) is 1.60. The monoisotopic (exact) mass is 402 g/mol. The molecular weight excluding hydrogens is 376 g/mol. The highest BCUT2D eigenvalue weighted by Crippen LogP contribution is 2.18. The van der Waals surface area contributed by atoms with E-state index >= 15 is 0 Å². The molecule has 0 aromatic heterocycles. The second kappa shape index (κ2) is 10.7. The van der Waals surface area contributed by atoms with Crippen molar-refractivity contribution in [3.63, 3.8) is 0 Å². The molecule has 0 aliphatic rings. The second-order valence-corrected chi connectivity index (χ2v) is 7.08. The highest BCUT2D eigenvalue weighted by atomic mass is 35.5. The first-order valence-corrected chi connectivity index (χ1v) is 9.77. The third-order valence-electron chi connectivity index (χ3n) is 4.47. The Kier molecular flexibility index (Phi) is 8.33. The largest absolute Gasteiger partial charge is 0.497 e. The van der Waals surface area contributed by atoms with Gasteiger partial charge in [-0.2, -0.15) is 0 Å². The van der Waals surface area contributed by atoms with E-state index < -0.39 is 6.04 Å². The van der Waals surface area contributed by atoms with E-state index in [0.29, 0.717) is 23.9 Å². The second-order valence-electron chi connectivity index (χ2n) is 6.64. The van der Waals surface area contributed by atoms with Crippen molar-refractivity contribution in [2.75, 3.05) is 13.7 Å². The minimum Gasteiger partial charge on any atom is -0.497 e. The highest BCUT2D eigenvalue weighted by Gasteiger charge is 2.26. The van der Waals surface area contributed by atoms with Gasteiger partial charge in [0.25, 0.3) is 0 Å². The van der Waals surface area contributed by atoms with Crippen LogP contribution in [-0.4, -0.2) is 36.4 Å². The number of hydrogen-bond acceptors (Lipinski definition) is 3. The fourth-order valence-electron chi connectivity index (χ4n) is 2.82. The zero-order valence-electron chi connectivity index (χ0n) is 16.6. The van der Waals surface area contributed by atoms with Gasteiger partial charge in [0.1, 0.15) is 11.8 Å². The van der Waals surface area contributed by atoms with E-state index in [1.807, 2.05) is 43.3 Å². The summed E-state index contributed by atoms with van der Waals surface area (Å²) in [5.74, 6) is 0.434. The van der Waals surface area contributed by atoms with Gasteiger partial charge in [0.15, 0.2) is 0 Å². The van der Waals surface area contributed by atoms with Crippen molar-refractivity contribution in [2.24, 2.45) is 0 Å². The molecule has 0 aliphatic carbocycles. The van der Waals surface area contributed by atoms with Crippen LogP contribution in [0, 0.1) is 0 Å². The van der Waals surface area contributed by atoms with E-state index in [9.17, 15) is 9.59 Å². The third-order valence-corrected chi connectivity index (χ3v) is 4.72. The summed E-state index contributed by atoms with van der Waals surface area (Å²) >= 11 is 5.93. The summed E-state index contributed by atoms with van der Waals surface area (Å²) in [6.45, 7) is 4.65. The number of halogens is 1. The normalized spacial score (nSPS) is 11.6. The number of benzene rings is 2. The number of carbonyl (C=O) groups excluding carboxylic acids is 2. The molecule has 2 rings (SSSR count). The topological polar surface area (TPSA) is 58.6 Å². The summed E-state index contributed by atoms with van der Waals surface area (Å²) in [6, 6.07) is 14.1. The van der Waals surface area contributed by atoms with E-state index in [-0.39, 0.29) is 18.2 Å². The molecule has 28 heavy (non-hydrogen) atoms. The van der Waals surface area contributed by atoms with Crippen LogP contribution in [0.1, 0.15) is 31.4 Å². The Labute approximate surface area is 171 Å². The van der Waals surface area contributed by atoms with Crippen molar-refractivity contribution >= 4 is 23.4 Å². The number of rotatable bonds is 9. The number of carbonyl (C=O) groups is 2. The SMILES string of the molecule is CCCNC(=O)C(C)N(Cc1cccc(OC)c1)C(=O)Cc1ccc(Cl)cc1. The molecule has 0 heterocycles.